The van der Waals surface area contributed by atoms with Crippen LogP contribution in [-0.4, -0.2) is 26.2 Å². The third-order valence-electron chi connectivity index (χ3n) is 3.48. The first-order valence-electron chi connectivity index (χ1n) is 5.79. The number of fused-ring (bicyclic) bond motifs is 1. The van der Waals surface area contributed by atoms with Crippen LogP contribution < -0.4 is 0 Å². The van der Waals surface area contributed by atoms with Crippen molar-refractivity contribution in [2.75, 3.05) is 14.2 Å². The Kier molecular flexibility index (Phi) is 3.31. The number of carbonyl (C=O) groups is 2. The van der Waals surface area contributed by atoms with Gasteiger partial charge in [-0.15, -0.1) is 0 Å². The number of hydrogen-bond acceptors (Lipinski definition) is 4. The molecule has 0 amide bonds. The maximum absolute atomic E-state index is 11.8. The molecular weight excluding hydrogens is 220 g/mol. The number of allylic oxidation sites excluding steroid dienone is 2. The smallest absolute Gasteiger partial charge is 0.338 e. The monoisotopic (exact) mass is 236 g/mol. The molecule has 4 nitrogen and oxygen atoms in total. The quantitative estimate of drug-likeness (QED) is 0.685. The highest BCUT2D eigenvalue weighted by molar-refractivity contribution is 6.08. The molecule has 2 rings (SSSR count). The number of esters is 2. The standard InChI is InChI=1S/C13H16O4/c1-16-12(14)10-7-6-8-4-3-5-9(8)11(10)13(15)17-2/h7-8H,3-6H2,1-2H3. The van der Waals surface area contributed by atoms with Crippen LogP contribution in [0.4, 0.5) is 0 Å². The lowest BCUT2D eigenvalue weighted by molar-refractivity contribution is -0.139. The minimum atomic E-state index is -0.455. The van der Waals surface area contributed by atoms with E-state index in [0.29, 0.717) is 17.1 Å². The minimum absolute atomic E-state index is 0.368. The molecule has 0 aromatic carbocycles. The number of methoxy groups -OCH3 is 2. The van der Waals surface area contributed by atoms with Crippen LogP contribution in [0.25, 0.3) is 0 Å². The summed E-state index contributed by atoms with van der Waals surface area (Å²) in [5.74, 6) is -0.482. The highest BCUT2D eigenvalue weighted by Gasteiger charge is 2.34. The number of carbonyl (C=O) groups excluding carboxylic acids is 2. The minimum Gasteiger partial charge on any atom is -0.465 e. The van der Waals surface area contributed by atoms with Gasteiger partial charge in [0.25, 0.3) is 0 Å². The lowest BCUT2D eigenvalue weighted by Crippen LogP contribution is -2.21. The van der Waals surface area contributed by atoms with Crippen LogP contribution >= 0.6 is 0 Å². The van der Waals surface area contributed by atoms with Crippen LogP contribution in [0, 0.1) is 5.92 Å². The van der Waals surface area contributed by atoms with Gasteiger partial charge in [-0.1, -0.05) is 11.6 Å². The molecule has 2 aliphatic carbocycles. The predicted octanol–water partition coefficient (Wildman–Crippen LogP) is 1.76. The average Bonchev–Trinajstić information content (AvgIpc) is 2.83. The maximum atomic E-state index is 11.8. The summed E-state index contributed by atoms with van der Waals surface area (Å²) in [6, 6.07) is 0. The van der Waals surface area contributed by atoms with E-state index >= 15 is 0 Å². The van der Waals surface area contributed by atoms with E-state index in [1.54, 1.807) is 6.08 Å². The molecule has 0 aromatic rings. The van der Waals surface area contributed by atoms with Gasteiger partial charge in [-0.25, -0.2) is 9.59 Å². The Hall–Kier alpha value is -1.58. The molecule has 0 N–H and O–H groups in total. The van der Waals surface area contributed by atoms with Crippen LogP contribution in [0.1, 0.15) is 25.7 Å². The van der Waals surface area contributed by atoms with Crippen molar-refractivity contribution in [1.29, 1.82) is 0 Å². The number of ether oxygens (including phenoxy) is 2. The summed E-state index contributed by atoms with van der Waals surface area (Å²) in [5, 5.41) is 0. The molecular formula is C13H16O4. The summed E-state index contributed by atoms with van der Waals surface area (Å²) < 4.78 is 9.49. The van der Waals surface area contributed by atoms with Gasteiger partial charge in [0.05, 0.1) is 25.4 Å². The molecule has 0 radical (unpaired) electrons. The lowest BCUT2D eigenvalue weighted by atomic mass is 9.84. The van der Waals surface area contributed by atoms with Crippen LogP contribution in [-0.2, 0) is 19.1 Å². The van der Waals surface area contributed by atoms with Gasteiger partial charge in [-0.05, 0) is 31.6 Å². The van der Waals surface area contributed by atoms with Gasteiger partial charge in [0.2, 0.25) is 0 Å². The first-order valence-corrected chi connectivity index (χ1v) is 5.79. The van der Waals surface area contributed by atoms with Crippen molar-refractivity contribution in [2.45, 2.75) is 25.7 Å². The molecule has 0 heterocycles. The summed E-state index contributed by atoms with van der Waals surface area (Å²) in [5.41, 5.74) is 1.88. The first-order chi connectivity index (χ1) is 8.19. The van der Waals surface area contributed by atoms with Crippen molar-refractivity contribution < 1.29 is 19.1 Å². The number of hydrogen-bond donors (Lipinski definition) is 0. The molecule has 0 aliphatic heterocycles. The summed E-state index contributed by atoms with van der Waals surface area (Å²) in [7, 11) is 2.66. The van der Waals surface area contributed by atoms with E-state index in [1.165, 1.54) is 14.2 Å². The summed E-state index contributed by atoms with van der Waals surface area (Å²) in [6.45, 7) is 0. The van der Waals surface area contributed by atoms with E-state index in [-0.39, 0.29) is 0 Å². The second kappa shape index (κ2) is 4.73. The van der Waals surface area contributed by atoms with Gasteiger partial charge in [-0.2, -0.15) is 0 Å². The Morgan fingerprint density at radius 1 is 1.24 bits per heavy atom. The molecule has 0 aromatic heterocycles. The fourth-order valence-electron chi connectivity index (χ4n) is 2.68. The first kappa shape index (κ1) is 11.9. The lowest BCUT2D eigenvalue weighted by Gasteiger charge is -2.21. The second-order valence-corrected chi connectivity index (χ2v) is 4.33. The largest absolute Gasteiger partial charge is 0.465 e. The van der Waals surface area contributed by atoms with Crippen molar-refractivity contribution in [1.82, 2.24) is 0 Å². The third kappa shape index (κ3) is 1.99. The van der Waals surface area contributed by atoms with Gasteiger partial charge in [0.15, 0.2) is 0 Å². The predicted molar refractivity (Wildman–Crippen MR) is 61.1 cm³/mol. The summed E-state index contributed by atoms with van der Waals surface area (Å²) >= 11 is 0. The van der Waals surface area contributed by atoms with Gasteiger partial charge in [0.1, 0.15) is 0 Å². The van der Waals surface area contributed by atoms with Crippen molar-refractivity contribution in [2.24, 2.45) is 5.92 Å². The van der Waals surface area contributed by atoms with E-state index in [2.05, 4.69) is 0 Å². The fourth-order valence-corrected chi connectivity index (χ4v) is 2.68. The summed E-state index contributed by atoms with van der Waals surface area (Å²) in [4.78, 5) is 23.5. The highest BCUT2D eigenvalue weighted by Crippen LogP contribution is 2.41. The Morgan fingerprint density at radius 2 is 1.94 bits per heavy atom. The van der Waals surface area contributed by atoms with Crippen LogP contribution in [0.2, 0.25) is 0 Å². The van der Waals surface area contributed by atoms with Crippen molar-refractivity contribution in [3.8, 4) is 0 Å². The van der Waals surface area contributed by atoms with E-state index in [0.717, 1.165) is 31.3 Å². The highest BCUT2D eigenvalue weighted by atomic mass is 16.5. The molecule has 1 saturated carbocycles. The zero-order chi connectivity index (χ0) is 12.4. The Balaban J connectivity index is 2.43. The van der Waals surface area contributed by atoms with Gasteiger partial charge in [0, 0.05) is 0 Å². The van der Waals surface area contributed by atoms with Crippen molar-refractivity contribution in [3.05, 3.63) is 22.8 Å². The van der Waals surface area contributed by atoms with Crippen molar-refractivity contribution >= 4 is 11.9 Å². The third-order valence-corrected chi connectivity index (χ3v) is 3.48. The summed E-state index contributed by atoms with van der Waals surface area (Å²) in [6.07, 6.45) is 5.66. The fraction of sp³-hybridized carbons (Fsp3) is 0.538. The molecule has 92 valence electrons. The topological polar surface area (TPSA) is 52.6 Å². The molecule has 1 unspecified atom stereocenters. The Labute approximate surface area is 100 Å². The van der Waals surface area contributed by atoms with Crippen LogP contribution in [0.15, 0.2) is 22.8 Å². The second-order valence-electron chi connectivity index (χ2n) is 4.33. The number of rotatable bonds is 2. The zero-order valence-corrected chi connectivity index (χ0v) is 10.1. The van der Waals surface area contributed by atoms with E-state index in [9.17, 15) is 9.59 Å². The Bertz CT molecular complexity index is 417. The van der Waals surface area contributed by atoms with Crippen molar-refractivity contribution in [3.63, 3.8) is 0 Å². The molecule has 0 saturated heterocycles. The molecule has 0 spiro atoms. The van der Waals surface area contributed by atoms with Gasteiger partial charge in [-0.3, -0.25) is 0 Å². The van der Waals surface area contributed by atoms with E-state index in [1.807, 2.05) is 0 Å². The SMILES string of the molecule is COC(=O)C1=CCC2CCCC2=C1C(=O)OC. The molecule has 1 atom stereocenters. The van der Waals surface area contributed by atoms with Gasteiger partial charge >= 0.3 is 11.9 Å². The molecule has 0 bridgehead atoms. The van der Waals surface area contributed by atoms with Crippen LogP contribution in [0.3, 0.4) is 0 Å². The maximum Gasteiger partial charge on any atom is 0.338 e. The molecule has 17 heavy (non-hydrogen) atoms. The van der Waals surface area contributed by atoms with Gasteiger partial charge < -0.3 is 9.47 Å². The van der Waals surface area contributed by atoms with E-state index in [4.69, 9.17) is 9.47 Å². The Morgan fingerprint density at radius 3 is 2.59 bits per heavy atom. The molecule has 2 aliphatic rings. The average molecular weight is 236 g/mol. The van der Waals surface area contributed by atoms with Crippen LogP contribution in [0.5, 0.6) is 0 Å². The molecule has 4 heteroatoms. The molecule has 1 fully saturated rings. The normalized spacial score (nSPS) is 22.9. The zero-order valence-electron chi connectivity index (χ0n) is 10.1. The van der Waals surface area contributed by atoms with E-state index < -0.39 is 11.9 Å².